The Hall–Kier alpha value is -2.87. The first-order valence-electron chi connectivity index (χ1n) is 8.41. The molecule has 6 heteroatoms. The summed E-state index contributed by atoms with van der Waals surface area (Å²) < 4.78 is 13.3. The third-order valence-electron chi connectivity index (χ3n) is 4.32. The highest BCUT2D eigenvalue weighted by Crippen LogP contribution is 2.34. The normalized spacial score (nSPS) is 11.5. The van der Waals surface area contributed by atoms with Crippen molar-refractivity contribution in [2.24, 2.45) is 0 Å². The van der Waals surface area contributed by atoms with Gasteiger partial charge in [0.2, 0.25) is 0 Å². The predicted molar refractivity (Wildman–Crippen MR) is 109 cm³/mol. The lowest BCUT2D eigenvalue weighted by Crippen LogP contribution is -2.13. The quantitative estimate of drug-likeness (QED) is 0.542. The topological polar surface area (TPSA) is 52.9 Å². The van der Waals surface area contributed by atoms with Gasteiger partial charge in [0.15, 0.2) is 0 Å². The molecule has 140 valence electrons. The van der Waals surface area contributed by atoms with E-state index in [1.807, 2.05) is 0 Å². The van der Waals surface area contributed by atoms with Crippen molar-refractivity contribution in [2.45, 2.75) is 12.8 Å². The Balaban J connectivity index is 1.91. The Morgan fingerprint density at radius 3 is 2.46 bits per heavy atom. The molecule has 0 bridgehead atoms. The first-order valence-corrected chi connectivity index (χ1v) is 9.16. The van der Waals surface area contributed by atoms with Crippen LogP contribution in [0.1, 0.15) is 33.0 Å². The van der Waals surface area contributed by atoms with Crippen LogP contribution in [-0.2, 0) is 0 Å². The van der Waals surface area contributed by atoms with E-state index in [1.165, 1.54) is 18.2 Å². The van der Waals surface area contributed by atoms with Crippen molar-refractivity contribution in [1.29, 1.82) is 5.26 Å². The number of nitriles is 1. The molecule has 0 aromatic heterocycles. The number of rotatable bonds is 4. The third kappa shape index (κ3) is 4.33. The lowest BCUT2D eigenvalue weighted by molar-refractivity contribution is 0.102. The lowest BCUT2D eigenvalue weighted by Gasteiger charge is -2.16. The highest BCUT2D eigenvalue weighted by molar-refractivity contribution is 6.32. The number of amides is 1. The summed E-state index contributed by atoms with van der Waals surface area (Å²) in [6.07, 6.45) is 0. The van der Waals surface area contributed by atoms with Gasteiger partial charge in [-0.1, -0.05) is 47.5 Å². The largest absolute Gasteiger partial charge is 0.322 e. The zero-order chi connectivity index (χ0) is 20.3. The van der Waals surface area contributed by atoms with Crippen molar-refractivity contribution in [3.8, 4) is 6.07 Å². The fourth-order valence-corrected chi connectivity index (χ4v) is 3.26. The second-order valence-corrected chi connectivity index (χ2v) is 7.11. The molecule has 1 amide bonds. The standard InChI is InChI=1S/C22H15Cl2FN2O/c1-13-9-18(19(12-26)14-5-7-16(23)8-6-14)20(24)11-21(13)27-22(28)15-3-2-4-17(25)10-15/h2-11,19H,1H3,(H,27,28). The van der Waals surface area contributed by atoms with E-state index in [0.29, 0.717) is 21.3 Å². The van der Waals surface area contributed by atoms with Gasteiger partial charge in [0, 0.05) is 21.3 Å². The summed E-state index contributed by atoms with van der Waals surface area (Å²) in [7, 11) is 0. The van der Waals surface area contributed by atoms with Gasteiger partial charge >= 0.3 is 0 Å². The highest BCUT2D eigenvalue weighted by Gasteiger charge is 2.19. The van der Waals surface area contributed by atoms with Crippen LogP contribution in [0.3, 0.4) is 0 Å². The van der Waals surface area contributed by atoms with Gasteiger partial charge in [-0.15, -0.1) is 0 Å². The Bertz CT molecular complexity index is 1070. The second kappa shape index (κ2) is 8.43. The maximum absolute atomic E-state index is 13.3. The summed E-state index contributed by atoms with van der Waals surface area (Å²) in [5, 5.41) is 13.3. The van der Waals surface area contributed by atoms with Crippen LogP contribution in [0.15, 0.2) is 60.7 Å². The van der Waals surface area contributed by atoms with Gasteiger partial charge < -0.3 is 5.32 Å². The van der Waals surface area contributed by atoms with Gasteiger partial charge in [0.25, 0.3) is 5.91 Å². The number of anilines is 1. The molecule has 3 rings (SSSR count). The average Bonchev–Trinajstić information content (AvgIpc) is 2.67. The number of halogens is 3. The lowest BCUT2D eigenvalue weighted by atomic mass is 9.91. The minimum absolute atomic E-state index is 0.204. The van der Waals surface area contributed by atoms with Crippen LogP contribution in [-0.4, -0.2) is 5.91 Å². The number of carbonyl (C=O) groups is 1. The molecule has 0 spiro atoms. The Kier molecular flexibility index (Phi) is 5.99. The minimum atomic E-state index is -0.573. The molecule has 3 nitrogen and oxygen atoms in total. The van der Waals surface area contributed by atoms with E-state index < -0.39 is 17.6 Å². The van der Waals surface area contributed by atoms with Gasteiger partial charge in [-0.3, -0.25) is 4.79 Å². The summed E-state index contributed by atoms with van der Waals surface area (Å²) >= 11 is 12.3. The van der Waals surface area contributed by atoms with Crippen LogP contribution in [0.2, 0.25) is 10.0 Å². The van der Waals surface area contributed by atoms with Gasteiger partial charge in [-0.25, -0.2) is 4.39 Å². The summed E-state index contributed by atoms with van der Waals surface area (Å²) in [5.74, 6) is -1.50. The Labute approximate surface area is 172 Å². The molecule has 0 aliphatic carbocycles. The molecule has 3 aromatic carbocycles. The monoisotopic (exact) mass is 412 g/mol. The molecule has 0 aliphatic heterocycles. The fourth-order valence-electron chi connectivity index (χ4n) is 2.86. The Morgan fingerprint density at radius 2 is 1.82 bits per heavy atom. The van der Waals surface area contributed by atoms with Gasteiger partial charge in [0.05, 0.1) is 12.0 Å². The number of aryl methyl sites for hydroxylation is 1. The van der Waals surface area contributed by atoms with Crippen LogP contribution in [0.4, 0.5) is 10.1 Å². The predicted octanol–water partition coefficient (Wildman–Crippen LogP) is 6.35. The first-order chi connectivity index (χ1) is 13.4. The number of benzene rings is 3. The molecular weight excluding hydrogens is 398 g/mol. The molecule has 1 unspecified atom stereocenters. The second-order valence-electron chi connectivity index (χ2n) is 6.27. The van der Waals surface area contributed by atoms with Crippen LogP contribution < -0.4 is 5.32 Å². The van der Waals surface area contributed by atoms with E-state index >= 15 is 0 Å². The number of hydrogen-bond acceptors (Lipinski definition) is 2. The third-order valence-corrected chi connectivity index (χ3v) is 4.90. The first kappa shape index (κ1) is 19.9. The van der Waals surface area contributed by atoms with E-state index in [4.69, 9.17) is 23.2 Å². The van der Waals surface area contributed by atoms with Crippen molar-refractivity contribution in [2.75, 3.05) is 5.32 Å². The number of nitrogens with zero attached hydrogens (tertiary/aromatic N) is 1. The molecule has 0 fully saturated rings. The van der Waals surface area contributed by atoms with Crippen molar-refractivity contribution in [3.05, 3.63) is 98.8 Å². The maximum atomic E-state index is 13.3. The van der Waals surface area contributed by atoms with E-state index in [-0.39, 0.29) is 5.56 Å². The Morgan fingerprint density at radius 1 is 1.11 bits per heavy atom. The number of carbonyl (C=O) groups excluding carboxylic acids is 1. The minimum Gasteiger partial charge on any atom is -0.322 e. The fraction of sp³-hybridized carbons (Fsp3) is 0.0909. The van der Waals surface area contributed by atoms with Crippen molar-refractivity contribution < 1.29 is 9.18 Å². The molecule has 0 saturated heterocycles. The van der Waals surface area contributed by atoms with Crippen molar-refractivity contribution in [1.82, 2.24) is 0 Å². The molecule has 0 radical (unpaired) electrons. The van der Waals surface area contributed by atoms with Crippen molar-refractivity contribution in [3.63, 3.8) is 0 Å². The van der Waals surface area contributed by atoms with Crippen molar-refractivity contribution >= 4 is 34.8 Å². The zero-order valence-corrected chi connectivity index (χ0v) is 16.4. The van der Waals surface area contributed by atoms with Gasteiger partial charge in [-0.2, -0.15) is 5.26 Å². The van der Waals surface area contributed by atoms with E-state index in [9.17, 15) is 14.4 Å². The summed E-state index contributed by atoms with van der Waals surface area (Å²) in [6.45, 7) is 1.80. The van der Waals surface area contributed by atoms with E-state index in [0.717, 1.165) is 17.2 Å². The number of hydrogen-bond donors (Lipinski definition) is 1. The molecule has 1 atom stereocenters. The van der Waals surface area contributed by atoms with Gasteiger partial charge in [-0.05, 0) is 60.0 Å². The van der Waals surface area contributed by atoms with Crippen LogP contribution in [0, 0.1) is 24.1 Å². The summed E-state index contributed by atoms with van der Waals surface area (Å²) in [4.78, 5) is 12.4. The molecule has 3 aromatic rings. The average molecular weight is 413 g/mol. The summed E-state index contributed by atoms with van der Waals surface area (Å²) in [5.41, 5.74) is 2.84. The smallest absolute Gasteiger partial charge is 0.255 e. The summed E-state index contributed by atoms with van der Waals surface area (Å²) in [6, 6.07) is 18.0. The van der Waals surface area contributed by atoms with Crippen LogP contribution in [0.25, 0.3) is 0 Å². The molecule has 28 heavy (non-hydrogen) atoms. The van der Waals surface area contributed by atoms with E-state index in [2.05, 4.69) is 11.4 Å². The molecule has 0 heterocycles. The zero-order valence-electron chi connectivity index (χ0n) is 14.8. The van der Waals surface area contributed by atoms with Gasteiger partial charge in [0.1, 0.15) is 5.82 Å². The number of nitrogens with one attached hydrogen (secondary N) is 1. The highest BCUT2D eigenvalue weighted by atomic mass is 35.5. The van der Waals surface area contributed by atoms with Crippen LogP contribution >= 0.6 is 23.2 Å². The SMILES string of the molecule is Cc1cc(C(C#N)c2ccc(Cl)cc2)c(Cl)cc1NC(=O)c1cccc(F)c1. The van der Waals surface area contributed by atoms with Crippen LogP contribution in [0.5, 0.6) is 0 Å². The molecule has 0 aliphatic rings. The molecule has 0 saturated carbocycles. The van der Waals surface area contributed by atoms with E-state index in [1.54, 1.807) is 43.3 Å². The molecule has 1 N–H and O–H groups in total. The molecular formula is C22H15Cl2FN2O. The maximum Gasteiger partial charge on any atom is 0.255 e.